The number of rotatable bonds is 5. The van der Waals surface area contributed by atoms with E-state index in [-0.39, 0.29) is 11.9 Å². The predicted molar refractivity (Wildman–Crippen MR) is 82.7 cm³/mol. The van der Waals surface area contributed by atoms with Gasteiger partial charge in [-0.3, -0.25) is 0 Å². The molecule has 1 aromatic heterocycles. The summed E-state index contributed by atoms with van der Waals surface area (Å²) < 4.78 is 12.9. The van der Waals surface area contributed by atoms with Crippen molar-refractivity contribution >= 4 is 11.3 Å². The van der Waals surface area contributed by atoms with Crippen LogP contribution in [0.5, 0.6) is 0 Å². The van der Waals surface area contributed by atoms with E-state index in [0.29, 0.717) is 6.04 Å². The maximum absolute atomic E-state index is 12.9. The Labute approximate surface area is 124 Å². The largest absolute Gasteiger partial charge is 0.307 e. The molecule has 2 rings (SSSR count). The van der Waals surface area contributed by atoms with Gasteiger partial charge in [-0.05, 0) is 51.8 Å². The maximum Gasteiger partial charge on any atom is 0.123 e. The number of thiazole rings is 1. The second kappa shape index (κ2) is 6.46. The summed E-state index contributed by atoms with van der Waals surface area (Å²) in [5.74, 6) is -0.182. The molecule has 0 spiro atoms. The summed E-state index contributed by atoms with van der Waals surface area (Å²) in [5.41, 5.74) is 2.26. The van der Waals surface area contributed by atoms with Crippen LogP contribution in [0.25, 0.3) is 0 Å². The third-order valence-corrected chi connectivity index (χ3v) is 4.58. The Morgan fingerprint density at radius 2 is 1.85 bits per heavy atom. The minimum atomic E-state index is -0.182. The fourth-order valence-corrected chi connectivity index (χ4v) is 3.42. The van der Waals surface area contributed by atoms with E-state index < -0.39 is 0 Å². The summed E-state index contributed by atoms with van der Waals surface area (Å²) in [5, 5.41) is 4.70. The molecule has 0 aliphatic heterocycles. The number of benzene rings is 1. The summed E-state index contributed by atoms with van der Waals surface area (Å²) in [6, 6.07) is 7.35. The van der Waals surface area contributed by atoms with Crippen LogP contribution in [-0.4, -0.2) is 11.0 Å². The van der Waals surface area contributed by atoms with Crippen molar-refractivity contribution in [1.82, 2.24) is 10.3 Å². The number of aromatic nitrogens is 1. The van der Waals surface area contributed by atoms with E-state index in [4.69, 9.17) is 0 Å². The van der Waals surface area contributed by atoms with Crippen molar-refractivity contribution in [2.45, 2.75) is 46.2 Å². The number of halogens is 1. The fraction of sp³-hybridized carbons (Fsp3) is 0.438. The van der Waals surface area contributed by atoms with Crippen molar-refractivity contribution in [3.8, 4) is 0 Å². The Hall–Kier alpha value is -1.26. The summed E-state index contributed by atoms with van der Waals surface area (Å²) >= 11 is 1.75. The van der Waals surface area contributed by atoms with Crippen LogP contribution >= 0.6 is 11.3 Å². The Morgan fingerprint density at radius 1 is 1.20 bits per heavy atom. The Morgan fingerprint density at radius 3 is 2.40 bits per heavy atom. The molecule has 108 valence electrons. The van der Waals surface area contributed by atoms with Gasteiger partial charge in [0.2, 0.25) is 0 Å². The molecule has 0 aliphatic carbocycles. The molecule has 0 aliphatic rings. The molecule has 1 aromatic carbocycles. The van der Waals surface area contributed by atoms with E-state index in [1.165, 1.54) is 17.0 Å². The molecule has 4 heteroatoms. The standard InChI is InChI=1S/C16H21FN2S/c1-10(9-14-5-7-15(17)8-6-14)18-11(2)16-12(3)19-13(4)20-16/h5-8,10-11,18H,9H2,1-4H3. The molecule has 2 nitrogen and oxygen atoms in total. The van der Waals surface area contributed by atoms with E-state index in [0.717, 1.165) is 22.7 Å². The molecule has 20 heavy (non-hydrogen) atoms. The van der Waals surface area contributed by atoms with E-state index in [1.807, 2.05) is 19.1 Å². The highest BCUT2D eigenvalue weighted by Crippen LogP contribution is 2.25. The number of aryl methyl sites for hydroxylation is 2. The lowest BCUT2D eigenvalue weighted by atomic mass is 10.1. The second-order valence-corrected chi connectivity index (χ2v) is 6.54. The van der Waals surface area contributed by atoms with Gasteiger partial charge < -0.3 is 5.32 Å². The SMILES string of the molecule is Cc1nc(C)c(C(C)NC(C)Cc2ccc(F)cc2)s1. The zero-order chi connectivity index (χ0) is 14.7. The third-order valence-electron chi connectivity index (χ3n) is 3.32. The third kappa shape index (κ3) is 3.87. The maximum atomic E-state index is 12.9. The molecule has 0 radical (unpaired) electrons. The Kier molecular flexibility index (Phi) is 4.89. The highest BCUT2D eigenvalue weighted by atomic mass is 32.1. The molecule has 2 unspecified atom stereocenters. The number of nitrogens with one attached hydrogen (secondary N) is 1. The molecule has 1 heterocycles. The van der Waals surface area contributed by atoms with Gasteiger partial charge in [0.15, 0.2) is 0 Å². The lowest BCUT2D eigenvalue weighted by molar-refractivity contribution is 0.480. The number of hydrogen-bond donors (Lipinski definition) is 1. The molecule has 0 saturated carbocycles. The minimum absolute atomic E-state index is 0.182. The molecule has 0 amide bonds. The lowest BCUT2D eigenvalue weighted by Gasteiger charge is -2.19. The van der Waals surface area contributed by atoms with Crippen molar-refractivity contribution in [2.24, 2.45) is 0 Å². The molecular formula is C16H21FN2S. The quantitative estimate of drug-likeness (QED) is 0.894. The van der Waals surface area contributed by atoms with Crippen LogP contribution in [0.3, 0.4) is 0 Å². The van der Waals surface area contributed by atoms with Crippen LogP contribution in [0, 0.1) is 19.7 Å². The summed E-state index contributed by atoms with van der Waals surface area (Å²) in [4.78, 5) is 5.77. The van der Waals surface area contributed by atoms with Crippen LogP contribution in [0.2, 0.25) is 0 Å². The predicted octanol–water partition coefficient (Wildman–Crippen LogP) is 4.18. The number of hydrogen-bond acceptors (Lipinski definition) is 3. The molecule has 0 fully saturated rings. The van der Waals surface area contributed by atoms with Gasteiger partial charge >= 0.3 is 0 Å². The topological polar surface area (TPSA) is 24.9 Å². The molecule has 2 aromatic rings. The van der Waals surface area contributed by atoms with Gasteiger partial charge in [0.05, 0.1) is 10.7 Å². The van der Waals surface area contributed by atoms with Crippen LogP contribution < -0.4 is 5.32 Å². The first-order valence-electron chi connectivity index (χ1n) is 6.90. The molecule has 2 atom stereocenters. The first-order valence-corrected chi connectivity index (χ1v) is 7.71. The molecule has 0 saturated heterocycles. The van der Waals surface area contributed by atoms with E-state index in [1.54, 1.807) is 11.3 Å². The summed E-state index contributed by atoms with van der Waals surface area (Å²) in [6.45, 7) is 8.42. The fourth-order valence-electron chi connectivity index (χ4n) is 2.48. The van der Waals surface area contributed by atoms with Crippen molar-refractivity contribution in [3.05, 3.63) is 51.2 Å². The van der Waals surface area contributed by atoms with Gasteiger partial charge in [-0.2, -0.15) is 0 Å². The minimum Gasteiger partial charge on any atom is -0.307 e. The zero-order valence-corrected chi connectivity index (χ0v) is 13.2. The van der Waals surface area contributed by atoms with Crippen molar-refractivity contribution in [2.75, 3.05) is 0 Å². The highest BCUT2D eigenvalue weighted by molar-refractivity contribution is 7.11. The highest BCUT2D eigenvalue weighted by Gasteiger charge is 2.15. The first-order chi connectivity index (χ1) is 9.45. The first kappa shape index (κ1) is 15.1. The van der Waals surface area contributed by atoms with E-state index in [9.17, 15) is 4.39 Å². The number of nitrogens with zero attached hydrogens (tertiary/aromatic N) is 1. The van der Waals surface area contributed by atoms with Gasteiger partial charge in [0.25, 0.3) is 0 Å². The van der Waals surface area contributed by atoms with Crippen LogP contribution in [0.15, 0.2) is 24.3 Å². The zero-order valence-electron chi connectivity index (χ0n) is 12.4. The van der Waals surface area contributed by atoms with Gasteiger partial charge in [0, 0.05) is 17.0 Å². The summed E-state index contributed by atoms with van der Waals surface area (Å²) in [7, 11) is 0. The Balaban J connectivity index is 1.95. The van der Waals surface area contributed by atoms with Crippen LogP contribution in [0.1, 0.15) is 41.0 Å². The van der Waals surface area contributed by atoms with Gasteiger partial charge in [-0.1, -0.05) is 12.1 Å². The lowest BCUT2D eigenvalue weighted by Crippen LogP contribution is -2.30. The average Bonchev–Trinajstić information content (AvgIpc) is 2.71. The van der Waals surface area contributed by atoms with Crippen molar-refractivity contribution in [1.29, 1.82) is 0 Å². The smallest absolute Gasteiger partial charge is 0.123 e. The molecular weight excluding hydrogens is 271 g/mol. The van der Waals surface area contributed by atoms with Crippen molar-refractivity contribution < 1.29 is 4.39 Å². The van der Waals surface area contributed by atoms with E-state index in [2.05, 4.69) is 31.1 Å². The Bertz CT molecular complexity index is 562. The van der Waals surface area contributed by atoms with Crippen LogP contribution in [0.4, 0.5) is 4.39 Å². The van der Waals surface area contributed by atoms with Gasteiger partial charge in [0.1, 0.15) is 5.82 Å². The normalized spacial score (nSPS) is 14.2. The molecule has 0 bridgehead atoms. The van der Waals surface area contributed by atoms with Gasteiger partial charge in [-0.25, -0.2) is 9.37 Å². The van der Waals surface area contributed by atoms with E-state index >= 15 is 0 Å². The second-order valence-electron chi connectivity index (χ2n) is 5.30. The molecule has 1 N–H and O–H groups in total. The van der Waals surface area contributed by atoms with Crippen molar-refractivity contribution in [3.63, 3.8) is 0 Å². The summed E-state index contributed by atoms with van der Waals surface area (Å²) in [6.07, 6.45) is 0.890. The van der Waals surface area contributed by atoms with Gasteiger partial charge in [-0.15, -0.1) is 11.3 Å². The van der Waals surface area contributed by atoms with Crippen LogP contribution in [-0.2, 0) is 6.42 Å². The monoisotopic (exact) mass is 292 g/mol. The average molecular weight is 292 g/mol.